The molecular weight excluding hydrogens is 278 g/mol. The lowest BCUT2D eigenvalue weighted by Crippen LogP contribution is -2.52. The van der Waals surface area contributed by atoms with Crippen LogP contribution in [0.25, 0.3) is 0 Å². The van der Waals surface area contributed by atoms with E-state index in [0.717, 1.165) is 18.3 Å². The van der Waals surface area contributed by atoms with Crippen LogP contribution in [0.4, 0.5) is 4.79 Å². The second-order valence-electron chi connectivity index (χ2n) is 6.68. The Labute approximate surface area is 132 Å². The molecule has 0 spiro atoms. The van der Waals surface area contributed by atoms with Gasteiger partial charge in [0, 0.05) is 18.6 Å². The Balaban J connectivity index is 1.42. The predicted molar refractivity (Wildman–Crippen MR) is 85.5 cm³/mol. The highest BCUT2D eigenvalue weighted by atomic mass is 16.3. The second kappa shape index (κ2) is 7.18. The maximum absolute atomic E-state index is 12.0. The molecule has 2 heterocycles. The van der Waals surface area contributed by atoms with Crippen LogP contribution in [0, 0.1) is 5.92 Å². The first-order chi connectivity index (χ1) is 10.7. The molecular formula is C17H27N3O2. The Bertz CT molecular complexity index is 470. The van der Waals surface area contributed by atoms with Crippen LogP contribution in [-0.2, 0) is 6.54 Å². The van der Waals surface area contributed by atoms with Crippen LogP contribution in [0.3, 0.4) is 0 Å². The maximum Gasteiger partial charge on any atom is 0.315 e. The molecule has 0 bridgehead atoms. The van der Waals surface area contributed by atoms with E-state index in [1.807, 2.05) is 12.1 Å². The number of piperidine rings is 1. The Morgan fingerprint density at radius 3 is 2.95 bits per heavy atom. The summed E-state index contributed by atoms with van der Waals surface area (Å²) in [5.41, 5.74) is 0. The fourth-order valence-corrected chi connectivity index (χ4v) is 3.49. The number of nitrogens with one attached hydrogen (secondary N) is 2. The molecule has 2 amide bonds. The molecule has 1 aromatic rings. The molecule has 0 unspecified atom stereocenters. The minimum atomic E-state index is -0.107. The van der Waals surface area contributed by atoms with E-state index >= 15 is 0 Å². The van der Waals surface area contributed by atoms with Crippen molar-refractivity contribution in [3.05, 3.63) is 24.2 Å². The number of carbonyl (C=O) groups is 1. The third-order valence-corrected chi connectivity index (χ3v) is 5.15. The molecule has 122 valence electrons. The van der Waals surface area contributed by atoms with Crippen LogP contribution in [0.1, 0.15) is 44.8 Å². The van der Waals surface area contributed by atoms with Gasteiger partial charge in [-0.3, -0.25) is 0 Å². The molecule has 3 rings (SSSR count). The van der Waals surface area contributed by atoms with Gasteiger partial charge in [-0.2, -0.15) is 0 Å². The fourth-order valence-electron chi connectivity index (χ4n) is 3.49. The summed E-state index contributed by atoms with van der Waals surface area (Å²) in [7, 11) is 0. The number of likely N-dealkylation sites (tertiary alicyclic amines) is 1. The minimum Gasteiger partial charge on any atom is -0.467 e. The Kier molecular flexibility index (Phi) is 5.03. The summed E-state index contributed by atoms with van der Waals surface area (Å²) in [6.07, 6.45) is 8.18. The number of urea groups is 1. The molecule has 2 atom stereocenters. The molecule has 1 saturated carbocycles. The van der Waals surface area contributed by atoms with Crippen LogP contribution >= 0.6 is 0 Å². The zero-order valence-corrected chi connectivity index (χ0v) is 13.4. The lowest BCUT2D eigenvalue weighted by atomic mass is 9.86. The zero-order valence-electron chi connectivity index (χ0n) is 13.4. The average molecular weight is 305 g/mol. The first kappa shape index (κ1) is 15.4. The molecule has 2 N–H and O–H groups in total. The second-order valence-corrected chi connectivity index (χ2v) is 6.68. The van der Waals surface area contributed by atoms with Crippen molar-refractivity contribution in [1.82, 2.24) is 15.5 Å². The third kappa shape index (κ3) is 3.83. The van der Waals surface area contributed by atoms with Gasteiger partial charge in [0.15, 0.2) is 0 Å². The van der Waals surface area contributed by atoms with Crippen molar-refractivity contribution in [3.8, 4) is 0 Å². The van der Waals surface area contributed by atoms with Gasteiger partial charge in [-0.1, -0.05) is 6.42 Å². The lowest BCUT2D eigenvalue weighted by Gasteiger charge is -2.43. The van der Waals surface area contributed by atoms with Crippen molar-refractivity contribution < 1.29 is 9.21 Å². The van der Waals surface area contributed by atoms with Crippen LogP contribution in [-0.4, -0.2) is 36.1 Å². The maximum atomic E-state index is 12.0. The Morgan fingerprint density at radius 1 is 1.41 bits per heavy atom. The van der Waals surface area contributed by atoms with Gasteiger partial charge in [0.2, 0.25) is 0 Å². The number of amides is 2. The SMILES string of the molecule is C[C@@H](NC(=O)NCc1ccco1)[C@H]1CCCN(C2CCC2)C1. The number of hydrogen-bond acceptors (Lipinski definition) is 3. The summed E-state index contributed by atoms with van der Waals surface area (Å²) in [6.45, 7) is 4.93. The van der Waals surface area contributed by atoms with Gasteiger partial charge in [0.25, 0.3) is 0 Å². The molecule has 2 aliphatic rings. The van der Waals surface area contributed by atoms with Gasteiger partial charge in [-0.05, 0) is 57.2 Å². The summed E-state index contributed by atoms with van der Waals surface area (Å²) < 4.78 is 5.22. The van der Waals surface area contributed by atoms with Gasteiger partial charge >= 0.3 is 6.03 Å². The molecule has 5 heteroatoms. The van der Waals surface area contributed by atoms with Crippen molar-refractivity contribution in [2.45, 2.75) is 57.7 Å². The van der Waals surface area contributed by atoms with E-state index in [0.29, 0.717) is 12.5 Å². The highest BCUT2D eigenvalue weighted by Crippen LogP contribution is 2.30. The van der Waals surface area contributed by atoms with Crippen LogP contribution in [0.5, 0.6) is 0 Å². The first-order valence-electron chi connectivity index (χ1n) is 8.53. The van der Waals surface area contributed by atoms with Crippen molar-refractivity contribution in [2.75, 3.05) is 13.1 Å². The summed E-state index contributed by atoms with van der Waals surface area (Å²) in [4.78, 5) is 14.6. The number of carbonyl (C=O) groups excluding carboxylic acids is 1. The third-order valence-electron chi connectivity index (χ3n) is 5.15. The van der Waals surface area contributed by atoms with Crippen LogP contribution in [0.2, 0.25) is 0 Å². The van der Waals surface area contributed by atoms with E-state index in [1.54, 1.807) is 6.26 Å². The summed E-state index contributed by atoms with van der Waals surface area (Å²) >= 11 is 0. The van der Waals surface area contributed by atoms with Crippen LogP contribution < -0.4 is 10.6 Å². The summed E-state index contributed by atoms with van der Waals surface area (Å²) in [6, 6.07) is 4.60. The fraction of sp³-hybridized carbons (Fsp3) is 0.706. The molecule has 5 nitrogen and oxygen atoms in total. The number of furan rings is 1. The van der Waals surface area contributed by atoms with Gasteiger partial charge in [-0.15, -0.1) is 0 Å². The highest BCUT2D eigenvalue weighted by molar-refractivity contribution is 5.74. The van der Waals surface area contributed by atoms with Gasteiger partial charge in [0.1, 0.15) is 5.76 Å². The van der Waals surface area contributed by atoms with Gasteiger partial charge in [0.05, 0.1) is 12.8 Å². The summed E-state index contributed by atoms with van der Waals surface area (Å²) in [5.74, 6) is 1.33. The summed E-state index contributed by atoms with van der Waals surface area (Å²) in [5, 5.41) is 5.94. The molecule has 0 aromatic carbocycles. The molecule has 1 aromatic heterocycles. The monoisotopic (exact) mass is 305 g/mol. The Hall–Kier alpha value is -1.49. The van der Waals surface area contributed by atoms with E-state index in [1.165, 1.54) is 38.6 Å². The average Bonchev–Trinajstić information content (AvgIpc) is 2.97. The smallest absolute Gasteiger partial charge is 0.315 e. The first-order valence-corrected chi connectivity index (χ1v) is 8.53. The predicted octanol–water partition coefficient (Wildman–Crippen LogP) is 2.73. The van der Waals surface area contributed by atoms with E-state index < -0.39 is 0 Å². The van der Waals surface area contributed by atoms with E-state index in [9.17, 15) is 4.79 Å². The molecule has 1 aliphatic carbocycles. The normalized spacial score (nSPS) is 24.5. The number of hydrogen-bond donors (Lipinski definition) is 2. The quantitative estimate of drug-likeness (QED) is 0.879. The van der Waals surface area contributed by atoms with Gasteiger partial charge in [-0.25, -0.2) is 4.79 Å². The lowest BCUT2D eigenvalue weighted by molar-refractivity contribution is 0.0678. The van der Waals surface area contributed by atoms with Crippen LogP contribution in [0.15, 0.2) is 22.8 Å². The van der Waals surface area contributed by atoms with Crippen molar-refractivity contribution in [2.24, 2.45) is 5.92 Å². The van der Waals surface area contributed by atoms with Gasteiger partial charge < -0.3 is 20.0 Å². The number of nitrogens with zero attached hydrogens (tertiary/aromatic N) is 1. The van der Waals surface area contributed by atoms with Crippen molar-refractivity contribution in [3.63, 3.8) is 0 Å². The number of rotatable bonds is 5. The zero-order chi connectivity index (χ0) is 15.4. The topological polar surface area (TPSA) is 57.5 Å². The molecule has 1 aliphatic heterocycles. The van der Waals surface area contributed by atoms with Crippen molar-refractivity contribution >= 4 is 6.03 Å². The highest BCUT2D eigenvalue weighted by Gasteiger charge is 2.31. The largest absolute Gasteiger partial charge is 0.467 e. The minimum absolute atomic E-state index is 0.107. The molecule has 22 heavy (non-hydrogen) atoms. The van der Waals surface area contributed by atoms with E-state index in [2.05, 4.69) is 22.5 Å². The molecule has 2 fully saturated rings. The molecule has 1 saturated heterocycles. The molecule has 0 radical (unpaired) electrons. The van der Waals surface area contributed by atoms with Crippen molar-refractivity contribution in [1.29, 1.82) is 0 Å². The Morgan fingerprint density at radius 2 is 2.27 bits per heavy atom. The van der Waals surface area contributed by atoms with E-state index in [-0.39, 0.29) is 12.1 Å². The van der Waals surface area contributed by atoms with E-state index in [4.69, 9.17) is 4.42 Å². The standard InChI is InChI=1S/C17H27N3O2/c1-13(19-17(21)18-11-16-8-4-10-22-16)14-5-3-9-20(12-14)15-6-2-7-15/h4,8,10,13-15H,2-3,5-7,9,11-12H2,1H3,(H2,18,19,21)/t13-,14+/m1/s1.